The van der Waals surface area contributed by atoms with Gasteiger partial charge in [-0.25, -0.2) is 9.97 Å². The first-order chi connectivity index (χ1) is 10.2. The van der Waals surface area contributed by atoms with E-state index in [9.17, 15) is 0 Å². The standard InChI is InChI=1S/C17H23N3O/c1-4-9-18-15(10-14-8-6-5-7-13(14)2)16-11-17(21-3)20-12-19-16/h5-8,11-12,15,18H,4,9-10H2,1-3H3. The summed E-state index contributed by atoms with van der Waals surface area (Å²) in [6, 6.07) is 10.6. The van der Waals surface area contributed by atoms with Crippen molar-refractivity contribution in [3.05, 3.63) is 53.5 Å². The highest BCUT2D eigenvalue weighted by Gasteiger charge is 2.15. The van der Waals surface area contributed by atoms with Gasteiger partial charge in [-0.05, 0) is 37.4 Å². The van der Waals surface area contributed by atoms with Crippen LogP contribution in [0.25, 0.3) is 0 Å². The number of rotatable bonds is 7. The normalized spacial score (nSPS) is 12.1. The molecular weight excluding hydrogens is 262 g/mol. The van der Waals surface area contributed by atoms with E-state index in [4.69, 9.17) is 4.74 Å². The number of nitrogens with one attached hydrogen (secondary N) is 1. The van der Waals surface area contributed by atoms with Gasteiger partial charge in [0, 0.05) is 6.07 Å². The zero-order chi connectivity index (χ0) is 15.1. The van der Waals surface area contributed by atoms with Crippen molar-refractivity contribution in [2.24, 2.45) is 0 Å². The van der Waals surface area contributed by atoms with Crippen molar-refractivity contribution in [3.8, 4) is 5.88 Å². The third kappa shape index (κ3) is 4.26. The molecule has 0 radical (unpaired) electrons. The van der Waals surface area contributed by atoms with Gasteiger partial charge in [0.1, 0.15) is 6.33 Å². The number of ether oxygens (including phenoxy) is 1. The Balaban J connectivity index is 2.23. The van der Waals surface area contributed by atoms with Gasteiger partial charge < -0.3 is 10.1 Å². The molecule has 2 rings (SSSR count). The molecule has 1 aromatic carbocycles. The molecule has 0 aliphatic rings. The molecule has 0 aliphatic heterocycles. The largest absolute Gasteiger partial charge is 0.481 e. The molecule has 1 aromatic heterocycles. The average molecular weight is 285 g/mol. The summed E-state index contributed by atoms with van der Waals surface area (Å²) in [6.45, 7) is 5.27. The highest BCUT2D eigenvalue weighted by molar-refractivity contribution is 5.28. The maximum atomic E-state index is 5.20. The maximum absolute atomic E-state index is 5.20. The second-order valence-corrected chi connectivity index (χ2v) is 5.12. The SMILES string of the molecule is CCCNC(Cc1ccccc1C)c1cc(OC)ncn1. The van der Waals surface area contributed by atoms with E-state index >= 15 is 0 Å². The van der Waals surface area contributed by atoms with E-state index in [1.54, 1.807) is 13.4 Å². The quantitative estimate of drug-likeness (QED) is 0.849. The lowest BCUT2D eigenvalue weighted by molar-refractivity contribution is 0.393. The number of aromatic nitrogens is 2. The third-order valence-electron chi connectivity index (χ3n) is 3.56. The Morgan fingerprint density at radius 1 is 1.24 bits per heavy atom. The molecule has 2 aromatic rings. The van der Waals surface area contributed by atoms with Crippen LogP contribution in [0, 0.1) is 6.92 Å². The van der Waals surface area contributed by atoms with Crippen LogP contribution in [0.3, 0.4) is 0 Å². The lowest BCUT2D eigenvalue weighted by Crippen LogP contribution is -2.25. The van der Waals surface area contributed by atoms with Crippen LogP contribution in [0.2, 0.25) is 0 Å². The van der Waals surface area contributed by atoms with Crippen LogP contribution in [0.1, 0.15) is 36.2 Å². The van der Waals surface area contributed by atoms with Gasteiger partial charge in [-0.15, -0.1) is 0 Å². The van der Waals surface area contributed by atoms with Crippen molar-refractivity contribution in [3.63, 3.8) is 0 Å². The summed E-state index contributed by atoms with van der Waals surface area (Å²) in [5.74, 6) is 0.605. The molecule has 1 N–H and O–H groups in total. The smallest absolute Gasteiger partial charge is 0.216 e. The van der Waals surface area contributed by atoms with Gasteiger partial charge in [-0.2, -0.15) is 0 Å². The fourth-order valence-electron chi connectivity index (χ4n) is 2.31. The van der Waals surface area contributed by atoms with Gasteiger partial charge in [0.25, 0.3) is 0 Å². The molecule has 0 amide bonds. The molecule has 0 fully saturated rings. The molecule has 1 atom stereocenters. The monoisotopic (exact) mass is 285 g/mol. The van der Waals surface area contributed by atoms with Crippen molar-refractivity contribution in [1.82, 2.24) is 15.3 Å². The highest BCUT2D eigenvalue weighted by atomic mass is 16.5. The average Bonchev–Trinajstić information content (AvgIpc) is 2.53. The minimum atomic E-state index is 0.169. The molecule has 1 heterocycles. The van der Waals surface area contributed by atoms with Crippen LogP contribution in [0.4, 0.5) is 0 Å². The molecule has 0 aliphatic carbocycles. The summed E-state index contributed by atoms with van der Waals surface area (Å²) < 4.78 is 5.20. The number of methoxy groups -OCH3 is 1. The Kier molecular flexibility index (Phi) is 5.69. The molecule has 4 nitrogen and oxygen atoms in total. The molecule has 4 heteroatoms. The van der Waals surface area contributed by atoms with Gasteiger partial charge >= 0.3 is 0 Å². The Hall–Kier alpha value is -1.94. The van der Waals surface area contributed by atoms with E-state index in [0.29, 0.717) is 5.88 Å². The molecule has 1 unspecified atom stereocenters. The second-order valence-electron chi connectivity index (χ2n) is 5.12. The number of hydrogen-bond acceptors (Lipinski definition) is 4. The Bertz CT molecular complexity index is 571. The molecule has 0 bridgehead atoms. The Labute approximate surface area is 126 Å². The molecule has 21 heavy (non-hydrogen) atoms. The fraction of sp³-hybridized carbons (Fsp3) is 0.412. The van der Waals surface area contributed by atoms with Crippen LogP contribution in [0.15, 0.2) is 36.7 Å². The van der Waals surface area contributed by atoms with Crippen LogP contribution in [-0.2, 0) is 6.42 Å². The summed E-state index contributed by atoms with van der Waals surface area (Å²) in [4.78, 5) is 8.50. The minimum Gasteiger partial charge on any atom is -0.481 e. The first-order valence-corrected chi connectivity index (χ1v) is 7.38. The van der Waals surface area contributed by atoms with Crippen LogP contribution in [-0.4, -0.2) is 23.6 Å². The van der Waals surface area contributed by atoms with Crippen molar-refractivity contribution >= 4 is 0 Å². The lowest BCUT2D eigenvalue weighted by atomic mass is 9.99. The Morgan fingerprint density at radius 3 is 2.76 bits per heavy atom. The van der Waals surface area contributed by atoms with Crippen molar-refractivity contribution in [2.45, 2.75) is 32.7 Å². The van der Waals surface area contributed by atoms with Gasteiger partial charge in [-0.3, -0.25) is 0 Å². The number of aryl methyl sites for hydroxylation is 1. The van der Waals surface area contributed by atoms with Crippen LogP contribution >= 0.6 is 0 Å². The van der Waals surface area contributed by atoms with E-state index in [-0.39, 0.29) is 6.04 Å². The van der Waals surface area contributed by atoms with E-state index in [1.165, 1.54) is 11.1 Å². The van der Waals surface area contributed by atoms with Crippen molar-refractivity contribution in [2.75, 3.05) is 13.7 Å². The van der Waals surface area contributed by atoms with Gasteiger partial charge in [0.05, 0.1) is 18.8 Å². The molecule has 0 saturated heterocycles. The predicted octanol–water partition coefficient (Wildman–Crippen LogP) is 3.08. The second kappa shape index (κ2) is 7.74. The third-order valence-corrected chi connectivity index (χ3v) is 3.56. The minimum absolute atomic E-state index is 0.169. The summed E-state index contributed by atoms with van der Waals surface area (Å²) in [5, 5.41) is 3.57. The highest BCUT2D eigenvalue weighted by Crippen LogP contribution is 2.21. The predicted molar refractivity (Wildman–Crippen MR) is 84.5 cm³/mol. The van der Waals surface area contributed by atoms with Gasteiger partial charge in [0.2, 0.25) is 5.88 Å². The topological polar surface area (TPSA) is 47.0 Å². The van der Waals surface area contributed by atoms with E-state index in [1.807, 2.05) is 6.07 Å². The van der Waals surface area contributed by atoms with E-state index < -0.39 is 0 Å². The summed E-state index contributed by atoms with van der Waals surface area (Å²) in [5.41, 5.74) is 3.61. The maximum Gasteiger partial charge on any atom is 0.216 e. The molecule has 112 valence electrons. The zero-order valence-electron chi connectivity index (χ0n) is 13.0. The molecular formula is C17H23N3O. The summed E-state index contributed by atoms with van der Waals surface area (Å²) >= 11 is 0. The number of nitrogens with zero attached hydrogens (tertiary/aromatic N) is 2. The van der Waals surface area contributed by atoms with Crippen molar-refractivity contribution < 1.29 is 4.74 Å². The van der Waals surface area contributed by atoms with E-state index in [0.717, 1.165) is 25.1 Å². The van der Waals surface area contributed by atoms with Crippen molar-refractivity contribution in [1.29, 1.82) is 0 Å². The number of hydrogen-bond donors (Lipinski definition) is 1. The van der Waals surface area contributed by atoms with Crippen LogP contribution < -0.4 is 10.1 Å². The first kappa shape index (κ1) is 15.4. The van der Waals surface area contributed by atoms with Gasteiger partial charge in [0.15, 0.2) is 0 Å². The summed E-state index contributed by atoms with van der Waals surface area (Å²) in [6.07, 6.45) is 3.56. The van der Waals surface area contributed by atoms with Crippen LogP contribution in [0.5, 0.6) is 5.88 Å². The Morgan fingerprint density at radius 2 is 2.05 bits per heavy atom. The molecule has 0 spiro atoms. The number of benzene rings is 1. The summed E-state index contributed by atoms with van der Waals surface area (Å²) in [7, 11) is 1.63. The van der Waals surface area contributed by atoms with E-state index in [2.05, 4.69) is 53.4 Å². The molecule has 0 saturated carbocycles. The van der Waals surface area contributed by atoms with Gasteiger partial charge in [-0.1, -0.05) is 31.2 Å². The fourth-order valence-corrected chi connectivity index (χ4v) is 2.31. The lowest BCUT2D eigenvalue weighted by Gasteiger charge is -2.19. The first-order valence-electron chi connectivity index (χ1n) is 7.38. The zero-order valence-corrected chi connectivity index (χ0v) is 13.0.